The topological polar surface area (TPSA) is 41.9 Å². The number of nitrogens with zero attached hydrogens (tertiary/aromatic N) is 2. The molecule has 0 amide bonds. The van der Waals surface area contributed by atoms with Gasteiger partial charge in [0.15, 0.2) is 0 Å². The molecule has 146 valence electrons. The second-order valence-corrected chi connectivity index (χ2v) is 7.54. The molecule has 0 N–H and O–H groups in total. The van der Waals surface area contributed by atoms with Crippen molar-refractivity contribution in [1.29, 1.82) is 0 Å². The maximum Gasteiger partial charge on any atom is 0.325 e. The van der Waals surface area contributed by atoms with Gasteiger partial charge in [-0.25, -0.2) is 4.99 Å². The molecule has 3 aromatic rings. The monoisotopic (exact) mass is 424 g/mol. The van der Waals surface area contributed by atoms with Crippen molar-refractivity contribution in [1.82, 2.24) is 4.90 Å². The van der Waals surface area contributed by atoms with Crippen molar-refractivity contribution in [2.75, 3.05) is 13.7 Å². The van der Waals surface area contributed by atoms with Gasteiger partial charge in [-0.2, -0.15) is 0 Å². The van der Waals surface area contributed by atoms with Crippen LogP contribution in [0.2, 0.25) is 10.0 Å². The molecule has 0 radical (unpaired) electrons. The summed E-state index contributed by atoms with van der Waals surface area (Å²) < 4.78 is 4.97. The molecule has 4 rings (SSSR count). The van der Waals surface area contributed by atoms with Gasteiger partial charge in [-0.1, -0.05) is 71.7 Å². The van der Waals surface area contributed by atoms with Crippen molar-refractivity contribution in [3.8, 4) is 0 Å². The molecule has 29 heavy (non-hydrogen) atoms. The van der Waals surface area contributed by atoms with Gasteiger partial charge < -0.3 is 9.64 Å². The molecule has 4 nitrogen and oxygen atoms in total. The molecule has 1 aliphatic rings. The molecule has 0 fully saturated rings. The Kier molecular flexibility index (Phi) is 5.56. The molecule has 3 aromatic carbocycles. The van der Waals surface area contributed by atoms with E-state index in [-0.39, 0.29) is 18.6 Å². The minimum absolute atomic E-state index is 0.0451. The normalized spacial score (nSPS) is 15.5. The molecule has 0 saturated heterocycles. The lowest BCUT2D eigenvalue weighted by Gasteiger charge is -2.38. The van der Waals surface area contributed by atoms with Gasteiger partial charge in [-0.15, -0.1) is 0 Å². The summed E-state index contributed by atoms with van der Waals surface area (Å²) >= 11 is 12.5. The molecule has 0 aliphatic carbocycles. The lowest BCUT2D eigenvalue weighted by atomic mass is 9.93. The van der Waals surface area contributed by atoms with Crippen LogP contribution in [0.25, 0.3) is 0 Å². The molecule has 0 unspecified atom stereocenters. The Labute approximate surface area is 179 Å². The molecule has 0 bridgehead atoms. The molecular formula is C23H18Cl2N2O2. The average Bonchev–Trinajstić information content (AvgIpc) is 2.73. The number of aliphatic imine (C=N–C) groups is 1. The number of methoxy groups -OCH3 is 1. The van der Waals surface area contributed by atoms with Crippen LogP contribution in [-0.2, 0) is 9.53 Å². The quantitative estimate of drug-likeness (QED) is 0.508. The largest absolute Gasteiger partial charge is 0.468 e. The standard InChI is InChI=1S/C23H18Cl2N2O2/c1-29-21(28)14-27-22(15-6-3-2-4-7-15)19-11-10-18(25)13-20(19)26-23(27)16-8-5-9-17(24)12-16/h2-13,22H,14H2,1H3/t22-/m1/s1. The van der Waals surface area contributed by atoms with Crippen LogP contribution in [0.3, 0.4) is 0 Å². The maximum absolute atomic E-state index is 12.3. The predicted molar refractivity (Wildman–Crippen MR) is 116 cm³/mol. The van der Waals surface area contributed by atoms with E-state index in [1.54, 1.807) is 6.07 Å². The van der Waals surface area contributed by atoms with Gasteiger partial charge in [0.1, 0.15) is 12.4 Å². The van der Waals surface area contributed by atoms with E-state index in [4.69, 9.17) is 32.9 Å². The molecule has 1 heterocycles. The van der Waals surface area contributed by atoms with Crippen molar-refractivity contribution >= 4 is 40.7 Å². The van der Waals surface area contributed by atoms with E-state index in [9.17, 15) is 4.79 Å². The Morgan fingerprint density at radius 3 is 2.48 bits per heavy atom. The minimum atomic E-state index is -0.349. The van der Waals surface area contributed by atoms with Crippen LogP contribution in [0.15, 0.2) is 77.8 Å². The van der Waals surface area contributed by atoms with Crippen molar-refractivity contribution in [2.24, 2.45) is 4.99 Å². The number of fused-ring (bicyclic) bond motifs is 1. The number of hydrogen-bond donors (Lipinski definition) is 0. The number of esters is 1. The van der Waals surface area contributed by atoms with Crippen LogP contribution in [0.1, 0.15) is 22.7 Å². The van der Waals surface area contributed by atoms with Gasteiger partial charge in [0.25, 0.3) is 0 Å². The summed E-state index contributed by atoms with van der Waals surface area (Å²) in [4.78, 5) is 19.1. The zero-order valence-electron chi connectivity index (χ0n) is 15.7. The Morgan fingerprint density at radius 1 is 1.00 bits per heavy atom. The molecule has 0 aromatic heterocycles. The fraction of sp³-hybridized carbons (Fsp3) is 0.130. The number of hydrogen-bond acceptors (Lipinski definition) is 4. The predicted octanol–water partition coefficient (Wildman–Crippen LogP) is 5.65. The highest BCUT2D eigenvalue weighted by molar-refractivity contribution is 6.31. The number of halogens is 2. The third kappa shape index (κ3) is 4.00. The van der Waals surface area contributed by atoms with Gasteiger partial charge in [0.2, 0.25) is 0 Å². The van der Waals surface area contributed by atoms with E-state index < -0.39 is 0 Å². The van der Waals surface area contributed by atoms with Crippen LogP contribution >= 0.6 is 23.2 Å². The summed E-state index contributed by atoms with van der Waals surface area (Å²) in [5, 5.41) is 1.20. The molecular weight excluding hydrogens is 407 g/mol. The lowest BCUT2D eigenvalue weighted by molar-refractivity contribution is -0.141. The summed E-state index contributed by atoms with van der Waals surface area (Å²) in [6.45, 7) is 0.0451. The van der Waals surface area contributed by atoms with E-state index in [1.165, 1.54) is 7.11 Å². The van der Waals surface area contributed by atoms with Crippen molar-refractivity contribution in [3.05, 3.63) is 99.5 Å². The zero-order chi connectivity index (χ0) is 20.4. The number of carbonyl (C=O) groups is 1. The number of amidine groups is 1. The zero-order valence-corrected chi connectivity index (χ0v) is 17.2. The Morgan fingerprint density at radius 2 is 1.76 bits per heavy atom. The van der Waals surface area contributed by atoms with Crippen molar-refractivity contribution in [2.45, 2.75) is 6.04 Å². The van der Waals surface area contributed by atoms with Crippen molar-refractivity contribution < 1.29 is 9.53 Å². The van der Waals surface area contributed by atoms with Crippen LogP contribution in [0.5, 0.6) is 0 Å². The third-order valence-electron chi connectivity index (χ3n) is 4.82. The first-order valence-corrected chi connectivity index (χ1v) is 9.85. The first-order valence-electron chi connectivity index (χ1n) is 9.09. The highest BCUT2D eigenvalue weighted by Gasteiger charge is 2.33. The SMILES string of the molecule is COC(=O)CN1C(c2cccc(Cl)c2)=Nc2cc(Cl)ccc2[C@H]1c1ccccc1. The minimum Gasteiger partial charge on any atom is -0.468 e. The van der Waals surface area contributed by atoms with Gasteiger partial charge >= 0.3 is 5.97 Å². The summed E-state index contributed by atoms with van der Waals surface area (Å²) in [6, 6.07) is 22.8. The molecule has 1 aliphatic heterocycles. The second-order valence-electron chi connectivity index (χ2n) is 6.67. The highest BCUT2D eigenvalue weighted by Crippen LogP contribution is 2.41. The third-order valence-corrected chi connectivity index (χ3v) is 5.29. The summed E-state index contributed by atoms with van der Waals surface area (Å²) in [6.07, 6.45) is 0. The molecule has 0 spiro atoms. The number of benzene rings is 3. The number of ether oxygens (including phenoxy) is 1. The van der Waals surface area contributed by atoms with E-state index in [0.717, 1.165) is 22.4 Å². The fourth-order valence-corrected chi connectivity index (χ4v) is 3.89. The van der Waals surface area contributed by atoms with Crippen molar-refractivity contribution in [3.63, 3.8) is 0 Å². The van der Waals surface area contributed by atoms with Gasteiger partial charge in [0.05, 0.1) is 18.8 Å². The fourth-order valence-electron chi connectivity index (χ4n) is 3.54. The lowest BCUT2D eigenvalue weighted by Crippen LogP contribution is -2.42. The van der Waals surface area contributed by atoms with E-state index in [1.807, 2.05) is 71.6 Å². The van der Waals surface area contributed by atoms with Crippen LogP contribution < -0.4 is 0 Å². The molecule has 1 atom stereocenters. The Balaban J connectivity index is 1.95. The van der Waals surface area contributed by atoms with Gasteiger partial charge in [-0.05, 0) is 29.8 Å². The Hall–Kier alpha value is -2.82. The summed E-state index contributed by atoms with van der Waals surface area (Å²) in [5.41, 5.74) is 3.58. The second kappa shape index (κ2) is 8.27. The van der Waals surface area contributed by atoms with Gasteiger partial charge in [0, 0.05) is 21.2 Å². The van der Waals surface area contributed by atoms with E-state index in [0.29, 0.717) is 15.9 Å². The van der Waals surface area contributed by atoms with Crippen LogP contribution in [-0.4, -0.2) is 30.4 Å². The van der Waals surface area contributed by atoms with Crippen LogP contribution in [0.4, 0.5) is 5.69 Å². The summed E-state index contributed by atoms with van der Waals surface area (Å²) in [5.74, 6) is 0.291. The first kappa shape index (κ1) is 19.5. The smallest absolute Gasteiger partial charge is 0.325 e. The van der Waals surface area contributed by atoms with Gasteiger partial charge in [-0.3, -0.25) is 4.79 Å². The maximum atomic E-state index is 12.3. The number of rotatable bonds is 4. The van der Waals surface area contributed by atoms with Crippen LogP contribution in [0, 0.1) is 0 Å². The Bertz CT molecular complexity index is 1080. The molecule has 6 heteroatoms. The average molecular weight is 425 g/mol. The van der Waals surface area contributed by atoms with E-state index >= 15 is 0 Å². The first-order chi connectivity index (χ1) is 14.1. The van der Waals surface area contributed by atoms with E-state index in [2.05, 4.69) is 0 Å². The highest BCUT2D eigenvalue weighted by atomic mass is 35.5. The number of carbonyl (C=O) groups excluding carboxylic acids is 1. The molecule has 0 saturated carbocycles. The summed E-state index contributed by atoms with van der Waals surface area (Å²) in [7, 11) is 1.38.